The van der Waals surface area contributed by atoms with Crippen molar-refractivity contribution >= 4 is 40.3 Å². The fourth-order valence-electron chi connectivity index (χ4n) is 1.83. The maximum Gasteiger partial charge on any atom is 0.266 e. The minimum absolute atomic E-state index is 0.00439. The van der Waals surface area contributed by atoms with Gasteiger partial charge in [-0.25, -0.2) is 0 Å². The molecule has 0 saturated heterocycles. The van der Waals surface area contributed by atoms with Crippen LogP contribution in [0.15, 0.2) is 48.0 Å². The maximum absolute atomic E-state index is 12.2. The number of aryl methyl sites for hydroxylation is 1. The summed E-state index contributed by atoms with van der Waals surface area (Å²) in [7, 11) is 0. The molecule has 0 atom stereocenters. The highest BCUT2D eigenvalue weighted by atomic mass is 127. The van der Waals surface area contributed by atoms with Gasteiger partial charge in [0.25, 0.3) is 5.91 Å². The molecule has 2 aromatic carbocycles. The number of carbonyl (C=O) groups is 1. The third-order valence-electron chi connectivity index (χ3n) is 3.04. The summed E-state index contributed by atoms with van der Waals surface area (Å²) in [4.78, 5) is 12.2. The van der Waals surface area contributed by atoms with E-state index in [9.17, 15) is 15.2 Å². The molecule has 4 nitrogen and oxygen atoms in total. The van der Waals surface area contributed by atoms with Crippen molar-refractivity contribution in [1.82, 2.24) is 0 Å². The maximum atomic E-state index is 12.2. The molecule has 0 radical (unpaired) electrons. The Morgan fingerprint density at radius 3 is 2.68 bits per heavy atom. The van der Waals surface area contributed by atoms with Crippen LogP contribution >= 0.6 is 22.6 Å². The molecule has 2 rings (SSSR count). The predicted molar refractivity (Wildman–Crippen MR) is 94.2 cm³/mol. The number of hydrogen-bond donors (Lipinski definition) is 2. The van der Waals surface area contributed by atoms with Crippen molar-refractivity contribution in [1.29, 1.82) is 5.26 Å². The van der Waals surface area contributed by atoms with Crippen LogP contribution in [0.4, 0.5) is 5.69 Å². The number of phenolic OH excluding ortho intramolecular Hbond substituents is 1. The van der Waals surface area contributed by atoms with Gasteiger partial charge in [0.2, 0.25) is 0 Å². The number of para-hydroxylation sites is 1. The number of anilines is 1. The largest absolute Gasteiger partial charge is 0.507 e. The van der Waals surface area contributed by atoms with Gasteiger partial charge < -0.3 is 10.4 Å². The lowest BCUT2D eigenvalue weighted by molar-refractivity contribution is -0.112. The average Bonchev–Trinajstić information content (AvgIpc) is 2.50. The highest BCUT2D eigenvalue weighted by molar-refractivity contribution is 14.1. The number of nitrogens with zero attached hydrogens (tertiary/aromatic N) is 1. The van der Waals surface area contributed by atoms with E-state index in [4.69, 9.17) is 0 Å². The Morgan fingerprint density at radius 2 is 2.05 bits per heavy atom. The van der Waals surface area contributed by atoms with Crippen LogP contribution < -0.4 is 5.32 Å². The summed E-state index contributed by atoms with van der Waals surface area (Å²) >= 11 is 1.99. The van der Waals surface area contributed by atoms with Crippen molar-refractivity contribution in [3.8, 4) is 11.8 Å². The van der Waals surface area contributed by atoms with Crippen molar-refractivity contribution in [3.63, 3.8) is 0 Å². The van der Waals surface area contributed by atoms with Gasteiger partial charge in [0, 0.05) is 5.69 Å². The molecular weight excluding hydrogens is 391 g/mol. The topological polar surface area (TPSA) is 73.1 Å². The summed E-state index contributed by atoms with van der Waals surface area (Å²) in [5, 5.41) is 21.4. The number of hydrogen-bond acceptors (Lipinski definition) is 3. The minimum atomic E-state index is -0.458. The molecule has 0 aliphatic rings. The van der Waals surface area contributed by atoms with E-state index in [1.807, 2.05) is 53.8 Å². The fraction of sp³-hybridized carbons (Fsp3) is 0.0588. The van der Waals surface area contributed by atoms with E-state index in [1.165, 1.54) is 12.1 Å². The highest BCUT2D eigenvalue weighted by Gasteiger charge is 2.11. The Kier molecular flexibility index (Phi) is 5.17. The van der Waals surface area contributed by atoms with Gasteiger partial charge in [0.1, 0.15) is 17.4 Å². The smallest absolute Gasteiger partial charge is 0.266 e. The number of amides is 1. The van der Waals surface area contributed by atoms with Crippen LogP contribution in [0.5, 0.6) is 5.75 Å². The lowest BCUT2D eigenvalue weighted by atomic mass is 10.1. The van der Waals surface area contributed by atoms with Crippen LogP contribution in [0.3, 0.4) is 0 Å². The SMILES string of the molecule is Cc1ccccc1NC(=O)/C(C#N)=C\c1ccc(O)c(I)c1. The Morgan fingerprint density at radius 1 is 1.32 bits per heavy atom. The lowest BCUT2D eigenvalue weighted by Gasteiger charge is -2.07. The summed E-state index contributed by atoms with van der Waals surface area (Å²) in [6.45, 7) is 1.88. The summed E-state index contributed by atoms with van der Waals surface area (Å²) in [5.74, 6) is -0.291. The van der Waals surface area contributed by atoms with E-state index in [-0.39, 0.29) is 11.3 Å². The Hall–Kier alpha value is -2.33. The quantitative estimate of drug-likeness (QED) is 0.464. The monoisotopic (exact) mass is 404 g/mol. The number of phenols is 1. The number of carbonyl (C=O) groups excluding carboxylic acids is 1. The molecule has 0 unspecified atom stereocenters. The first-order chi connectivity index (χ1) is 10.5. The molecule has 0 fully saturated rings. The molecule has 2 N–H and O–H groups in total. The van der Waals surface area contributed by atoms with E-state index in [1.54, 1.807) is 18.2 Å². The van der Waals surface area contributed by atoms with E-state index < -0.39 is 5.91 Å². The molecule has 22 heavy (non-hydrogen) atoms. The predicted octanol–water partition coefficient (Wildman–Crippen LogP) is 3.85. The zero-order valence-electron chi connectivity index (χ0n) is 11.8. The van der Waals surface area contributed by atoms with E-state index in [0.29, 0.717) is 14.8 Å². The first-order valence-electron chi connectivity index (χ1n) is 6.48. The summed E-state index contributed by atoms with van der Waals surface area (Å²) in [6.07, 6.45) is 1.50. The van der Waals surface area contributed by atoms with Crippen molar-refractivity contribution in [2.75, 3.05) is 5.32 Å². The van der Waals surface area contributed by atoms with Gasteiger partial charge in [-0.15, -0.1) is 0 Å². The van der Waals surface area contributed by atoms with Gasteiger partial charge in [-0.1, -0.05) is 24.3 Å². The minimum Gasteiger partial charge on any atom is -0.507 e. The molecule has 0 spiro atoms. The molecule has 0 saturated carbocycles. The molecule has 0 bridgehead atoms. The Labute approximate surface area is 142 Å². The molecule has 0 heterocycles. The number of halogens is 1. The molecule has 0 aliphatic heterocycles. The molecule has 2 aromatic rings. The fourth-order valence-corrected chi connectivity index (χ4v) is 2.37. The zero-order valence-corrected chi connectivity index (χ0v) is 14.0. The van der Waals surface area contributed by atoms with Crippen molar-refractivity contribution in [2.45, 2.75) is 6.92 Å². The van der Waals surface area contributed by atoms with Crippen molar-refractivity contribution < 1.29 is 9.90 Å². The standard InChI is InChI=1S/C17H13IN2O2/c1-11-4-2-3-5-15(11)20-17(22)13(10-19)8-12-6-7-16(21)14(18)9-12/h2-9,21H,1H3,(H,20,22)/b13-8-. The van der Waals surface area contributed by atoms with Gasteiger partial charge in [0.05, 0.1) is 3.57 Å². The summed E-state index contributed by atoms with van der Waals surface area (Å²) in [5.41, 5.74) is 2.28. The Bertz CT molecular complexity index is 791. The first kappa shape index (κ1) is 16.0. The van der Waals surface area contributed by atoms with Crippen LogP contribution in [-0.4, -0.2) is 11.0 Å². The van der Waals surface area contributed by atoms with Crippen LogP contribution in [-0.2, 0) is 4.79 Å². The van der Waals surface area contributed by atoms with E-state index in [2.05, 4.69) is 5.32 Å². The normalized spacial score (nSPS) is 10.9. The van der Waals surface area contributed by atoms with Crippen LogP contribution in [0.2, 0.25) is 0 Å². The molecule has 0 aromatic heterocycles. The van der Waals surface area contributed by atoms with Crippen LogP contribution in [0.1, 0.15) is 11.1 Å². The van der Waals surface area contributed by atoms with Crippen molar-refractivity contribution in [2.24, 2.45) is 0 Å². The van der Waals surface area contributed by atoms with Gasteiger partial charge >= 0.3 is 0 Å². The number of nitrogens with one attached hydrogen (secondary N) is 1. The second-order valence-electron chi connectivity index (χ2n) is 4.65. The van der Waals surface area contributed by atoms with Gasteiger partial charge in [-0.05, 0) is 64.9 Å². The average molecular weight is 404 g/mol. The van der Waals surface area contributed by atoms with Gasteiger partial charge in [0.15, 0.2) is 0 Å². The van der Waals surface area contributed by atoms with Crippen LogP contribution in [0.25, 0.3) is 6.08 Å². The molecule has 1 amide bonds. The number of nitriles is 1. The Balaban J connectivity index is 2.26. The molecule has 0 aliphatic carbocycles. The molecule has 5 heteroatoms. The second-order valence-corrected chi connectivity index (χ2v) is 5.81. The van der Waals surface area contributed by atoms with E-state index >= 15 is 0 Å². The first-order valence-corrected chi connectivity index (χ1v) is 7.56. The number of benzene rings is 2. The third kappa shape index (κ3) is 3.86. The van der Waals surface area contributed by atoms with E-state index in [0.717, 1.165) is 5.56 Å². The summed E-state index contributed by atoms with van der Waals surface area (Å²) in [6, 6.07) is 14.2. The number of rotatable bonds is 3. The lowest BCUT2D eigenvalue weighted by Crippen LogP contribution is -2.14. The third-order valence-corrected chi connectivity index (χ3v) is 3.91. The highest BCUT2D eigenvalue weighted by Crippen LogP contribution is 2.22. The van der Waals surface area contributed by atoms with Crippen molar-refractivity contribution in [3.05, 3.63) is 62.7 Å². The zero-order chi connectivity index (χ0) is 16.1. The van der Waals surface area contributed by atoms with Crippen LogP contribution in [0, 0.1) is 21.8 Å². The molecular formula is C17H13IN2O2. The second kappa shape index (κ2) is 7.09. The van der Waals surface area contributed by atoms with Gasteiger partial charge in [-0.2, -0.15) is 5.26 Å². The summed E-state index contributed by atoms with van der Waals surface area (Å²) < 4.78 is 0.656. The molecule has 110 valence electrons. The number of aromatic hydroxyl groups is 1. The van der Waals surface area contributed by atoms with Gasteiger partial charge in [-0.3, -0.25) is 4.79 Å².